The van der Waals surface area contributed by atoms with Crippen LogP contribution in [0.15, 0.2) is 24.5 Å². The van der Waals surface area contributed by atoms with Gasteiger partial charge in [-0.3, -0.25) is 10.1 Å². The molecule has 0 spiro atoms. The zero-order valence-electron chi connectivity index (χ0n) is 11.5. The summed E-state index contributed by atoms with van der Waals surface area (Å²) >= 11 is 0. The van der Waals surface area contributed by atoms with Crippen molar-refractivity contribution in [3.63, 3.8) is 0 Å². The van der Waals surface area contributed by atoms with Gasteiger partial charge in [-0.25, -0.2) is 4.98 Å². The molecule has 2 aromatic rings. The number of nitrogens with zero attached hydrogens (tertiary/aromatic N) is 1. The van der Waals surface area contributed by atoms with Crippen molar-refractivity contribution in [1.29, 1.82) is 0 Å². The Morgan fingerprint density at radius 1 is 1.40 bits per heavy atom. The van der Waals surface area contributed by atoms with E-state index in [2.05, 4.69) is 33.5 Å². The number of aliphatic carboxylic acids is 1. The molecular weight excluding hydrogens is 254 g/mol. The van der Waals surface area contributed by atoms with Crippen molar-refractivity contribution in [1.82, 2.24) is 15.3 Å². The Kier molecular flexibility index (Phi) is 3.06. The van der Waals surface area contributed by atoms with Crippen molar-refractivity contribution in [2.24, 2.45) is 0 Å². The van der Waals surface area contributed by atoms with Crippen LogP contribution in [0.2, 0.25) is 0 Å². The monoisotopic (exact) mass is 271 g/mol. The summed E-state index contributed by atoms with van der Waals surface area (Å²) < 4.78 is 0. The molecule has 3 N–H and O–H groups in total. The maximum atomic E-state index is 11.3. The standard InChI is InChI=1S/C15H17N3O2/c1-8-3-4-9(2)10(5-8)13-14-11(16-7-17-14)6-12(18-13)15(19)20/h3-5,7,12-13,18H,6H2,1-2H3,(H,16,17)(H,19,20)/t12-,13+/m0/s1. The van der Waals surface area contributed by atoms with Gasteiger partial charge in [0.15, 0.2) is 0 Å². The van der Waals surface area contributed by atoms with Gasteiger partial charge < -0.3 is 10.1 Å². The first-order valence-electron chi connectivity index (χ1n) is 6.64. The van der Waals surface area contributed by atoms with E-state index in [4.69, 9.17) is 0 Å². The summed E-state index contributed by atoms with van der Waals surface area (Å²) in [4.78, 5) is 18.7. The van der Waals surface area contributed by atoms with Crippen molar-refractivity contribution in [2.75, 3.05) is 0 Å². The summed E-state index contributed by atoms with van der Waals surface area (Å²) in [5, 5.41) is 12.5. The summed E-state index contributed by atoms with van der Waals surface area (Å²) in [6, 6.07) is 5.44. The second-order valence-corrected chi connectivity index (χ2v) is 5.32. The molecular formula is C15H17N3O2. The molecule has 1 aromatic carbocycles. The highest BCUT2D eigenvalue weighted by atomic mass is 16.4. The van der Waals surface area contributed by atoms with Gasteiger partial charge in [0.2, 0.25) is 0 Å². The summed E-state index contributed by atoms with van der Waals surface area (Å²) in [6.07, 6.45) is 2.07. The molecule has 1 aromatic heterocycles. The molecule has 5 nitrogen and oxygen atoms in total. The van der Waals surface area contributed by atoms with E-state index >= 15 is 0 Å². The molecule has 20 heavy (non-hydrogen) atoms. The van der Waals surface area contributed by atoms with Gasteiger partial charge in [-0.2, -0.15) is 0 Å². The third kappa shape index (κ3) is 2.10. The summed E-state index contributed by atoms with van der Waals surface area (Å²) in [7, 11) is 0. The number of aromatic amines is 1. The molecule has 0 unspecified atom stereocenters. The number of benzene rings is 1. The molecule has 0 saturated heterocycles. The van der Waals surface area contributed by atoms with Crippen LogP contribution in [0.3, 0.4) is 0 Å². The van der Waals surface area contributed by atoms with Crippen LogP contribution >= 0.6 is 0 Å². The minimum Gasteiger partial charge on any atom is -0.480 e. The van der Waals surface area contributed by atoms with Gasteiger partial charge >= 0.3 is 5.97 Å². The molecule has 104 valence electrons. The Labute approximate surface area is 117 Å². The van der Waals surface area contributed by atoms with E-state index in [9.17, 15) is 9.90 Å². The maximum Gasteiger partial charge on any atom is 0.321 e. The molecule has 0 amide bonds. The number of carboxylic acids is 1. The first-order chi connectivity index (χ1) is 9.56. The van der Waals surface area contributed by atoms with Crippen molar-refractivity contribution in [3.8, 4) is 0 Å². The number of aryl methyl sites for hydroxylation is 2. The highest BCUT2D eigenvalue weighted by Crippen LogP contribution is 2.30. The lowest BCUT2D eigenvalue weighted by atomic mass is 9.90. The van der Waals surface area contributed by atoms with Crippen LogP contribution in [-0.2, 0) is 11.2 Å². The minimum absolute atomic E-state index is 0.175. The maximum absolute atomic E-state index is 11.3. The number of hydrogen-bond acceptors (Lipinski definition) is 3. The molecule has 0 fully saturated rings. The molecule has 0 radical (unpaired) electrons. The second-order valence-electron chi connectivity index (χ2n) is 5.32. The number of fused-ring (bicyclic) bond motifs is 1. The van der Waals surface area contributed by atoms with Crippen molar-refractivity contribution >= 4 is 5.97 Å². The van der Waals surface area contributed by atoms with E-state index in [1.165, 1.54) is 0 Å². The largest absolute Gasteiger partial charge is 0.480 e. The number of carboxylic acid groups (broad SMARTS) is 1. The highest BCUT2D eigenvalue weighted by molar-refractivity contribution is 5.74. The Bertz CT molecular complexity index is 663. The van der Waals surface area contributed by atoms with Crippen LogP contribution in [0.25, 0.3) is 0 Å². The van der Waals surface area contributed by atoms with Crippen molar-refractivity contribution in [3.05, 3.63) is 52.6 Å². The normalized spacial score (nSPS) is 21.5. The zero-order valence-corrected chi connectivity index (χ0v) is 11.5. The second kappa shape index (κ2) is 4.76. The lowest BCUT2D eigenvalue weighted by Crippen LogP contribution is -2.45. The summed E-state index contributed by atoms with van der Waals surface area (Å²) in [5.74, 6) is -0.833. The lowest BCUT2D eigenvalue weighted by Gasteiger charge is -2.29. The van der Waals surface area contributed by atoms with Gasteiger partial charge in [-0.1, -0.05) is 23.8 Å². The summed E-state index contributed by atoms with van der Waals surface area (Å²) in [5.41, 5.74) is 5.18. The SMILES string of the molecule is Cc1ccc(C)c([C@H]2N[C@H](C(=O)O)Cc3[nH]cnc32)c1. The molecule has 0 bridgehead atoms. The first-order valence-corrected chi connectivity index (χ1v) is 6.64. The Morgan fingerprint density at radius 2 is 2.20 bits per heavy atom. The van der Waals surface area contributed by atoms with Gasteiger partial charge in [0.05, 0.1) is 18.1 Å². The number of hydrogen-bond donors (Lipinski definition) is 3. The summed E-state index contributed by atoms with van der Waals surface area (Å²) in [6.45, 7) is 4.07. The van der Waals surface area contributed by atoms with E-state index in [1.807, 2.05) is 13.8 Å². The van der Waals surface area contributed by atoms with Gasteiger partial charge in [0.1, 0.15) is 6.04 Å². The topological polar surface area (TPSA) is 78.0 Å². The molecule has 1 aliphatic rings. The number of nitrogens with one attached hydrogen (secondary N) is 2. The lowest BCUT2D eigenvalue weighted by molar-refractivity contribution is -0.139. The van der Waals surface area contributed by atoms with Crippen LogP contribution in [0.5, 0.6) is 0 Å². The number of H-pyrrole nitrogens is 1. The Balaban J connectivity index is 2.08. The van der Waals surface area contributed by atoms with Gasteiger partial charge in [0.25, 0.3) is 0 Å². The molecule has 5 heteroatoms. The molecule has 3 rings (SSSR count). The molecule has 2 heterocycles. The van der Waals surface area contributed by atoms with Gasteiger partial charge in [-0.15, -0.1) is 0 Å². The molecule has 1 aliphatic heterocycles. The van der Waals surface area contributed by atoms with Crippen LogP contribution in [0, 0.1) is 13.8 Å². The predicted octanol–water partition coefficient (Wildman–Crippen LogP) is 1.71. The third-order valence-corrected chi connectivity index (χ3v) is 3.84. The quantitative estimate of drug-likeness (QED) is 0.777. The third-order valence-electron chi connectivity index (χ3n) is 3.84. The van der Waals surface area contributed by atoms with E-state index < -0.39 is 12.0 Å². The van der Waals surface area contributed by atoms with Crippen LogP contribution in [0.4, 0.5) is 0 Å². The van der Waals surface area contributed by atoms with E-state index in [-0.39, 0.29) is 6.04 Å². The fourth-order valence-electron chi connectivity index (χ4n) is 2.75. The van der Waals surface area contributed by atoms with Gasteiger partial charge in [-0.05, 0) is 25.0 Å². The van der Waals surface area contributed by atoms with E-state index in [0.29, 0.717) is 6.42 Å². The van der Waals surface area contributed by atoms with E-state index in [1.54, 1.807) is 6.33 Å². The molecule has 2 atom stereocenters. The minimum atomic E-state index is -0.833. The number of rotatable bonds is 2. The predicted molar refractivity (Wildman–Crippen MR) is 74.6 cm³/mol. The fourth-order valence-corrected chi connectivity index (χ4v) is 2.75. The Morgan fingerprint density at radius 3 is 2.95 bits per heavy atom. The average Bonchev–Trinajstić information content (AvgIpc) is 2.88. The van der Waals surface area contributed by atoms with E-state index in [0.717, 1.165) is 28.1 Å². The van der Waals surface area contributed by atoms with Crippen LogP contribution in [0.1, 0.15) is 34.1 Å². The first kappa shape index (κ1) is 12.9. The zero-order chi connectivity index (χ0) is 14.3. The number of imidazole rings is 1. The molecule has 0 aliphatic carbocycles. The number of carbonyl (C=O) groups is 1. The van der Waals surface area contributed by atoms with Crippen LogP contribution < -0.4 is 5.32 Å². The van der Waals surface area contributed by atoms with Gasteiger partial charge in [0, 0.05) is 12.1 Å². The number of aromatic nitrogens is 2. The van der Waals surface area contributed by atoms with Crippen molar-refractivity contribution < 1.29 is 9.90 Å². The Hall–Kier alpha value is -2.14. The smallest absolute Gasteiger partial charge is 0.321 e. The van der Waals surface area contributed by atoms with Crippen molar-refractivity contribution in [2.45, 2.75) is 32.4 Å². The fraction of sp³-hybridized carbons (Fsp3) is 0.333. The molecule has 0 saturated carbocycles. The van der Waals surface area contributed by atoms with Crippen LogP contribution in [-0.4, -0.2) is 27.1 Å². The highest BCUT2D eigenvalue weighted by Gasteiger charge is 2.33. The average molecular weight is 271 g/mol.